The van der Waals surface area contributed by atoms with Gasteiger partial charge in [-0.05, 0) is 33.4 Å². The van der Waals surface area contributed by atoms with Crippen LogP contribution in [-0.4, -0.2) is 26.6 Å². The van der Waals surface area contributed by atoms with Gasteiger partial charge in [-0.2, -0.15) is 0 Å². The maximum atomic E-state index is 11.5. The van der Waals surface area contributed by atoms with E-state index < -0.39 is 8.32 Å². The molecular formula is C12H24O3Si. The van der Waals surface area contributed by atoms with Gasteiger partial charge in [0, 0.05) is 12.2 Å². The third kappa shape index (κ3) is 4.49. The van der Waals surface area contributed by atoms with Crippen molar-refractivity contribution in [3.05, 3.63) is 12.2 Å². The number of hydrogen-bond donors (Lipinski definition) is 0. The Hall–Kier alpha value is -0.613. The van der Waals surface area contributed by atoms with Gasteiger partial charge >= 0.3 is 5.97 Å². The van der Waals surface area contributed by atoms with Gasteiger partial charge in [0.25, 0.3) is 0 Å². The SMILES string of the molecule is C=C(C)C(=O)OC(C)[Si](C)(CCC)OCC. The minimum Gasteiger partial charge on any atom is -0.460 e. The minimum absolute atomic E-state index is 0.128. The second-order valence-electron chi connectivity index (χ2n) is 4.32. The smallest absolute Gasteiger partial charge is 0.333 e. The molecule has 4 heteroatoms. The topological polar surface area (TPSA) is 35.5 Å². The molecule has 0 bridgehead atoms. The van der Waals surface area contributed by atoms with Gasteiger partial charge in [-0.1, -0.05) is 19.9 Å². The first-order chi connectivity index (χ1) is 7.37. The van der Waals surface area contributed by atoms with Crippen LogP contribution in [0.4, 0.5) is 0 Å². The summed E-state index contributed by atoms with van der Waals surface area (Å²) >= 11 is 0. The van der Waals surface area contributed by atoms with Crippen molar-refractivity contribution in [3.63, 3.8) is 0 Å². The Balaban J connectivity index is 4.54. The van der Waals surface area contributed by atoms with Crippen molar-refractivity contribution in [3.8, 4) is 0 Å². The zero-order valence-electron chi connectivity index (χ0n) is 11.1. The number of carbonyl (C=O) groups excluding carboxylic acids is 1. The Morgan fingerprint density at radius 3 is 2.38 bits per heavy atom. The highest BCUT2D eigenvalue weighted by molar-refractivity contribution is 6.73. The maximum Gasteiger partial charge on any atom is 0.333 e. The van der Waals surface area contributed by atoms with E-state index in [9.17, 15) is 4.79 Å². The summed E-state index contributed by atoms with van der Waals surface area (Å²) in [6, 6.07) is 1.01. The molecule has 0 heterocycles. The molecule has 0 aromatic carbocycles. The summed E-state index contributed by atoms with van der Waals surface area (Å²) in [5.41, 5.74) is 0.313. The van der Waals surface area contributed by atoms with Gasteiger partial charge in [0.2, 0.25) is 8.32 Å². The van der Waals surface area contributed by atoms with Crippen LogP contribution in [0.5, 0.6) is 0 Å². The van der Waals surface area contributed by atoms with Crippen molar-refractivity contribution >= 4 is 14.3 Å². The molecule has 0 aromatic rings. The standard InChI is InChI=1S/C12H24O3Si/c1-7-9-16(6,14-8-2)11(5)15-12(13)10(3)4/h11H,3,7-9H2,1-2,4-6H3. The minimum atomic E-state index is -1.95. The van der Waals surface area contributed by atoms with E-state index in [0.29, 0.717) is 12.2 Å². The van der Waals surface area contributed by atoms with Crippen LogP contribution in [0, 0.1) is 0 Å². The Morgan fingerprint density at radius 2 is 2.00 bits per heavy atom. The fraction of sp³-hybridized carbons (Fsp3) is 0.750. The Kier molecular flexibility index (Phi) is 6.60. The highest BCUT2D eigenvalue weighted by Gasteiger charge is 2.37. The number of hydrogen-bond acceptors (Lipinski definition) is 3. The van der Waals surface area contributed by atoms with Crippen molar-refractivity contribution in [1.82, 2.24) is 0 Å². The first-order valence-corrected chi connectivity index (χ1v) is 8.57. The zero-order chi connectivity index (χ0) is 12.8. The van der Waals surface area contributed by atoms with Gasteiger partial charge < -0.3 is 9.16 Å². The Morgan fingerprint density at radius 1 is 1.44 bits per heavy atom. The first kappa shape index (κ1) is 15.4. The molecule has 0 N–H and O–H groups in total. The van der Waals surface area contributed by atoms with E-state index in [1.165, 1.54) is 0 Å². The van der Waals surface area contributed by atoms with Gasteiger partial charge in [-0.25, -0.2) is 4.79 Å². The van der Waals surface area contributed by atoms with Gasteiger partial charge in [-0.3, -0.25) is 0 Å². The molecule has 0 radical (unpaired) electrons. The van der Waals surface area contributed by atoms with Gasteiger partial charge in [0.1, 0.15) is 5.73 Å². The van der Waals surface area contributed by atoms with Crippen LogP contribution in [0.3, 0.4) is 0 Å². The highest BCUT2D eigenvalue weighted by Crippen LogP contribution is 2.21. The molecule has 2 atom stereocenters. The summed E-state index contributed by atoms with van der Waals surface area (Å²) in [6.07, 6.45) is 1.05. The third-order valence-corrected chi connectivity index (χ3v) is 6.99. The zero-order valence-corrected chi connectivity index (χ0v) is 12.1. The number of carbonyl (C=O) groups is 1. The van der Waals surface area contributed by atoms with E-state index in [2.05, 4.69) is 20.0 Å². The lowest BCUT2D eigenvalue weighted by Gasteiger charge is -2.32. The lowest BCUT2D eigenvalue weighted by atomic mass is 10.4. The molecule has 0 aliphatic rings. The second-order valence-corrected chi connectivity index (χ2v) is 8.55. The van der Waals surface area contributed by atoms with Crippen LogP contribution in [0.25, 0.3) is 0 Å². The molecule has 0 rings (SSSR count). The molecule has 3 nitrogen and oxygen atoms in total. The van der Waals surface area contributed by atoms with E-state index in [0.717, 1.165) is 12.5 Å². The van der Waals surface area contributed by atoms with E-state index in [4.69, 9.17) is 9.16 Å². The molecule has 0 amide bonds. The van der Waals surface area contributed by atoms with Crippen LogP contribution >= 0.6 is 0 Å². The molecule has 94 valence electrons. The predicted octanol–water partition coefficient (Wildman–Crippen LogP) is 3.06. The summed E-state index contributed by atoms with van der Waals surface area (Å²) < 4.78 is 11.2. The van der Waals surface area contributed by atoms with Gasteiger partial charge in [0.15, 0.2) is 0 Å². The molecule has 16 heavy (non-hydrogen) atoms. The average molecular weight is 244 g/mol. The lowest BCUT2D eigenvalue weighted by molar-refractivity contribution is -0.141. The van der Waals surface area contributed by atoms with E-state index in [1.807, 2.05) is 13.8 Å². The fourth-order valence-electron chi connectivity index (χ4n) is 1.60. The molecule has 0 aliphatic heterocycles. The first-order valence-electron chi connectivity index (χ1n) is 5.87. The van der Waals surface area contributed by atoms with Crippen LogP contribution in [0.2, 0.25) is 12.6 Å². The molecular weight excluding hydrogens is 220 g/mol. The lowest BCUT2D eigenvalue weighted by Crippen LogP contribution is -2.48. The van der Waals surface area contributed by atoms with Crippen molar-refractivity contribution in [2.24, 2.45) is 0 Å². The molecule has 0 aromatic heterocycles. The van der Waals surface area contributed by atoms with E-state index in [-0.39, 0.29) is 11.7 Å². The number of rotatable bonds is 7. The average Bonchev–Trinajstić information content (AvgIpc) is 2.18. The van der Waals surface area contributed by atoms with Crippen LogP contribution in [0.1, 0.15) is 34.1 Å². The van der Waals surface area contributed by atoms with Gasteiger partial charge in [-0.15, -0.1) is 0 Å². The summed E-state index contributed by atoms with van der Waals surface area (Å²) in [4.78, 5) is 11.5. The van der Waals surface area contributed by atoms with Crippen molar-refractivity contribution < 1.29 is 14.0 Å². The second kappa shape index (κ2) is 6.86. The largest absolute Gasteiger partial charge is 0.460 e. The fourth-order valence-corrected chi connectivity index (χ4v) is 4.40. The monoisotopic (exact) mass is 244 g/mol. The van der Waals surface area contributed by atoms with Crippen LogP contribution in [-0.2, 0) is 14.0 Å². The van der Waals surface area contributed by atoms with Gasteiger partial charge in [0.05, 0.1) is 0 Å². The summed E-state index contributed by atoms with van der Waals surface area (Å²) in [7, 11) is -1.95. The summed E-state index contributed by atoms with van der Waals surface area (Å²) in [5.74, 6) is -0.318. The van der Waals surface area contributed by atoms with Crippen LogP contribution < -0.4 is 0 Å². The third-order valence-electron chi connectivity index (χ3n) is 2.71. The quantitative estimate of drug-likeness (QED) is 0.392. The normalized spacial score (nSPS) is 16.3. The number of ether oxygens (including phenoxy) is 1. The summed E-state index contributed by atoms with van der Waals surface area (Å²) in [5, 5.41) is 0. The molecule has 0 aliphatic carbocycles. The summed E-state index contributed by atoms with van der Waals surface area (Å²) in [6.45, 7) is 14.1. The van der Waals surface area contributed by atoms with Crippen molar-refractivity contribution in [2.75, 3.05) is 6.61 Å². The molecule has 0 saturated carbocycles. The van der Waals surface area contributed by atoms with E-state index >= 15 is 0 Å². The van der Waals surface area contributed by atoms with Crippen LogP contribution in [0.15, 0.2) is 12.2 Å². The highest BCUT2D eigenvalue weighted by atomic mass is 28.4. The number of esters is 1. The predicted molar refractivity (Wildman–Crippen MR) is 68.7 cm³/mol. The molecule has 2 unspecified atom stereocenters. The van der Waals surface area contributed by atoms with Crippen molar-refractivity contribution in [1.29, 1.82) is 0 Å². The molecule has 0 spiro atoms. The Bertz CT molecular complexity index is 245. The van der Waals surface area contributed by atoms with E-state index in [1.54, 1.807) is 6.92 Å². The molecule has 0 saturated heterocycles. The maximum absolute atomic E-state index is 11.5. The van der Waals surface area contributed by atoms with Crippen molar-refractivity contribution in [2.45, 2.75) is 52.4 Å². The molecule has 0 fully saturated rings. The Labute approximate surface area is 100.0 Å².